The summed E-state index contributed by atoms with van der Waals surface area (Å²) in [6, 6.07) is 0.707. The number of carboxylic acid groups (broad SMARTS) is 1. The molecule has 25 heteroatoms. The number of aliphatic carboxylic acids is 1. The number of ether oxygens (including phenoxy) is 8. The predicted molar refractivity (Wildman–Crippen MR) is 257 cm³/mol. The fraction of sp³-hybridized carbons (Fsp3) is 0.578. The van der Waals surface area contributed by atoms with Crippen molar-refractivity contribution < 1.29 is 109 Å². The maximum Gasteiger partial charge on any atom is 0.334 e. The van der Waals surface area contributed by atoms with E-state index in [1.165, 1.54) is 32.9 Å². The molecule has 0 rings (SSSR count). The van der Waals surface area contributed by atoms with Crippen LogP contribution in [-0.2, 0) is 98.7 Å². The molecule has 0 saturated heterocycles. The molecule has 0 aromatic carbocycles. The van der Waals surface area contributed by atoms with Gasteiger partial charge in [0.25, 0.3) is 0 Å². The largest absolute Gasteiger partial charge is 0.481 e. The number of aliphatic hydroxyl groups is 1. The SMILES string of the molecule is C=C(C)C(=O)OCCOC(=O)CCC(=O)O.C=C(C)C(=O)OCCOC(=O)CCC(=O)OCCC[Si](C)(OC)OC.C=CCO.C=CCOC(=O)CCC(=O)OCCOC(=O)C(=C)C.CO[SiH](C)OC. The van der Waals surface area contributed by atoms with Crippen molar-refractivity contribution in [2.24, 2.45) is 0 Å². The Morgan fingerprint density at radius 3 is 1.03 bits per heavy atom. The van der Waals surface area contributed by atoms with E-state index in [1.807, 2.05) is 13.1 Å². The van der Waals surface area contributed by atoms with Gasteiger partial charge < -0.3 is 65.8 Å². The average molecular weight is 1040 g/mol. The zero-order valence-corrected chi connectivity index (χ0v) is 44.4. The summed E-state index contributed by atoms with van der Waals surface area (Å²) in [6.07, 6.45) is 2.75. The van der Waals surface area contributed by atoms with Gasteiger partial charge >= 0.3 is 71.6 Å². The number of carbonyl (C=O) groups is 9. The van der Waals surface area contributed by atoms with Crippen LogP contribution in [0.4, 0.5) is 0 Å². The molecule has 402 valence electrons. The van der Waals surface area contributed by atoms with Crippen LogP contribution in [0.2, 0.25) is 19.1 Å². The number of aliphatic hydroxyl groups excluding tert-OH is 1. The van der Waals surface area contributed by atoms with Crippen LogP contribution < -0.4 is 0 Å². The van der Waals surface area contributed by atoms with Crippen LogP contribution in [-0.4, -0.2) is 170 Å². The summed E-state index contributed by atoms with van der Waals surface area (Å²) in [7, 11) is 3.24. The number of carbonyl (C=O) groups excluding carboxylic acids is 8. The summed E-state index contributed by atoms with van der Waals surface area (Å²) in [5.41, 5.74) is 0.807. The zero-order chi connectivity index (χ0) is 54.9. The molecular weight excluding hydrogens is 965 g/mol. The summed E-state index contributed by atoms with van der Waals surface area (Å²) in [5.74, 6) is -5.40. The number of rotatable bonds is 32. The van der Waals surface area contributed by atoms with Crippen molar-refractivity contribution in [1.29, 1.82) is 0 Å². The Hall–Kier alpha value is -5.84. The summed E-state index contributed by atoms with van der Waals surface area (Å²) in [6.45, 7) is 25.3. The lowest BCUT2D eigenvalue weighted by Gasteiger charge is -2.22. The normalized spacial score (nSPS) is 9.76. The van der Waals surface area contributed by atoms with Crippen molar-refractivity contribution >= 4 is 71.6 Å². The topological polar surface area (TPSA) is 305 Å². The Morgan fingerprint density at radius 1 is 0.500 bits per heavy atom. The molecule has 0 fully saturated rings. The van der Waals surface area contributed by atoms with E-state index in [2.05, 4.69) is 47.1 Å². The van der Waals surface area contributed by atoms with Crippen molar-refractivity contribution in [2.75, 3.05) is 87.9 Å². The Labute approximate surface area is 414 Å². The second-order valence-electron chi connectivity index (χ2n) is 13.7. The number of hydrogen-bond acceptors (Lipinski definition) is 22. The van der Waals surface area contributed by atoms with Crippen LogP contribution in [0.5, 0.6) is 0 Å². The molecule has 0 amide bonds. The van der Waals surface area contributed by atoms with Gasteiger partial charge in [0.2, 0.25) is 0 Å². The van der Waals surface area contributed by atoms with Crippen molar-refractivity contribution in [3.05, 3.63) is 61.8 Å². The fourth-order valence-electron chi connectivity index (χ4n) is 3.33. The van der Waals surface area contributed by atoms with Crippen LogP contribution in [0.1, 0.15) is 65.7 Å². The number of esters is 8. The highest BCUT2D eigenvalue weighted by Gasteiger charge is 2.28. The number of hydrogen-bond donors (Lipinski definition) is 2. The van der Waals surface area contributed by atoms with Gasteiger partial charge in [-0.15, -0.1) is 6.58 Å². The minimum atomic E-state index is -2.15. The molecule has 0 aliphatic rings. The first-order valence-corrected chi connectivity index (χ1v) is 25.9. The van der Waals surface area contributed by atoms with E-state index in [4.69, 9.17) is 51.6 Å². The van der Waals surface area contributed by atoms with E-state index < -0.39 is 71.6 Å². The third-order valence-electron chi connectivity index (χ3n) is 7.45. The maximum atomic E-state index is 11.5. The molecule has 0 aromatic rings. The molecule has 0 atom stereocenters. The molecule has 0 aliphatic carbocycles. The van der Waals surface area contributed by atoms with Crippen molar-refractivity contribution in [2.45, 2.75) is 84.9 Å². The first-order valence-electron chi connectivity index (χ1n) is 21.3. The number of carboxylic acids is 1. The molecule has 0 heterocycles. The van der Waals surface area contributed by atoms with Crippen LogP contribution in [0.3, 0.4) is 0 Å². The molecule has 0 aliphatic heterocycles. The third-order valence-corrected chi connectivity index (χ3v) is 11.8. The first-order chi connectivity index (χ1) is 32.9. The van der Waals surface area contributed by atoms with Crippen molar-refractivity contribution in [3.8, 4) is 0 Å². The molecule has 0 aromatic heterocycles. The Bertz CT molecular complexity index is 1600. The van der Waals surface area contributed by atoms with Crippen molar-refractivity contribution in [3.63, 3.8) is 0 Å². The summed E-state index contributed by atoms with van der Waals surface area (Å²) >= 11 is 0. The molecule has 0 saturated carbocycles. The molecule has 0 bridgehead atoms. The summed E-state index contributed by atoms with van der Waals surface area (Å²) in [4.78, 5) is 99.1. The van der Waals surface area contributed by atoms with Gasteiger partial charge in [-0.3, -0.25) is 28.8 Å². The minimum Gasteiger partial charge on any atom is -0.481 e. The maximum absolute atomic E-state index is 11.5. The predicted octanol–water partition coefficient (Wildman–Crippen LogP) is 3.69. The smallest absolute Gasteiger partial charge is 0.334 e. The highest BCUT2D eigenvalue weighted by molar-refractivity contribution is 6.65. The van der Waals surface area contributed by atoms with E-state index in [0.29, 0.717) is 12.5 Å². The summed E-state index contributed by atoms with van der Waals surface area (Å²) in [5, 5.41) is 16.0. The molecular formula is C45H76O23Si2. The van der Waals surface area contributed by atoms with E-state index in [1.54, 1.807) is 28.4 Å². The van der Waals surface area contributed by atoms with Crippen molar-refractivity contribution in [1.82, 2.24) is 0 Å². The van der Waals surface area contributed by atoms with E-state index in [-0.39, 0.29) is 115 Å². The van der Waals surface area contributed by atoms with Crippen LogP contribution in [0, 0.1) is 0 Å². The van der Waals surface area contributed by atoms with Gasteiger partial charge in [-0.2, -0.15) is 0 Å². The van der Waals surface area contributed by atoms with Gasteiger partial charge in [-0.25, -0.2) is 14.4 Å². The van der Waals surface area contributed by atoms with E-state index >= 15 is 0 Å². The van der Waals surface area contributed by atoms with Crippen LogP contribution >= 0.6 is 0 Å². The quantitative estimate of drug-likeness (QED) is 0.0242. The Balaban J connectivity index is -0.000000279. The summed E-state index contributed by atoms with van der Waals surface area (Å²) < 4.78 is 58.3. The molecule has 0 radical (unpaired) electrons. The molecule has 23 nitrogen and oxygen atoms in total. The fourth-order valence-corrected chi connectivity index (χ4v) is 4.89. The lowest BCUT2D eigenvalue weighted by molar-refractivity contribution is -0.153. The lowest BCUT2D eigenvalue weighted by atomic mass is 10.3. The second kappa shape index (κ2) is 49.6. The third kappa shape index (κ3) is 54.8. The highest BCUT2D eigenvalue weighted by Crippen LogP contribution is 2.13. The van der Waals surface area contributed by atoms with E-state index in [0.717, 1.165) is 0 Å². The molecule has 0 unspecified atom stereocenters. The molecule has 70 heavy (non-hydrogen) atoms. The van der Waals surface area contributed by atoms with E-state index in [9.17, 15) is 43.2 Å². The zero-order valence-electron chi connectivity index (χ0n) is 42.3. The monoisotopic (exact) mass is 1040 g/mol. The Kier molecular flexibility index (Phi) is 51.8. The van der Waals surface area contributed by atoms with Gasteiger partial charge in [0.1, 0.15) is 46.2 Å². The molecule has 2 N–H and O–H groups in total. The van der Waals surface area contributed by atoms with Gasteiger partial charge in [0.05, 0.1) is 51.7 Å². The average Bonchev–Trinajstić information content (AvgIpc) is 3.33. The van der Waals surface area contributed by atoms with Gasteiger partial charge in [-0.05, 0) is 46.3 Å². The van der Waals surface area contributed by atoms with Crippen LogP contribution in [0.15, 0.2) is 61.8 Å². The minimum absolute atomic E-state index is 0.0433. The van der Waals surface area contributed by atoms with Gasteiger partial charge in [0, 0.05) is 45.2 Å². The first kappa shape index (κ1) is 73.1. The van der Waals surface area contributed by atoms with Gasteiger partial charge in [-0.1, -0.05) is 38.5 Å². The Morgan fingerprint density at radius 2 is 0.786 bits per heavy atom. The standard InChI is InChI=1S/C16H28O8Si.C13H18O6.C10H14O6.C3H10O2Si.C3H6O/c1-13(2)16(19)24-11-10-23-15(18)8-7-14(17)22-9-6-12-25(5,20-3)21-4;1-4-7-17-11(14)5-6-12(15)18-8-9-19-13(16)10(2)3;1-7(2)10(14)16-6-5-15-9(13)4-3-8(11)12;1-4-6(3)5-2;1-2-3-4/h1,6-12H2,2-5H3;4H,1-2,5-9H2,3H3;1,3-6H2,2H3,(H,11,12);6H,1-3H3;2,4H,1,3H2. The lowest BCUT2D eigenvalue weighted by Crippen LogP contribution is -2.36. The van der Waals surface area contributed by atoms with Gasteiger partial charge in [0.15, 0.2) is 0 Å². The highest BCUT2D eigenvalue weighted by atomic mass is 28.4. The molecule has 0 spiro atoms. The second-order valence-corrected chi connectivity index (χ2v) is 19.3. The van der Waals surface area contributed by atoms with Crippen LogP contribution in [0.25, 0.3) is 0 Å².